The van der Waals surface area contributed by atoms with Crippen LogP contribution in [0.25, 0.3) is 0 Å². The van der Waals surface area contributed by atoms with Crippen molar-refractivity contribution in [2.75, 3.05) is 0 Å². The Morgan fingerprint density at radius 3 is 2.77 bits per heavy atom. The molecule has 0 aliphatic carbocycles. The molecule has 1 N–H and O–H groups in total. The molecule has 0 aliphatic rings. The van der Waals surface area contributed by atoms with E-state index in [9.17, 15) is 4.79 Å². The van der Waals surface area contributed by atoms with Crippen molar-refractivity contribution in [1.82, 2.24) is 30.7 Å². The van der Waals surface area contributed by atoms with E-state index in [1.165, 1.54) is 10.9 Å². The van der Waals surface area contributed by atoms with Crippen LogP contribution in [0.4, 0.5) is 0 Å². The number of nitrogens with one attached hydrogen (secondary N) is 1. The summed E-state index contributed by atoms with van der Waals surface area (Å²) >= 11 is 0. The van der Waals surface area contributed by atoms with Crippen LogP contribution in [-0.2, 0) is 11.3 Å². The summed E-state index contributed by atoms with van der Waals surface area (Å²) in [6.45, 7) is 2.03. The van der Waals surface area contributed by atoms with Gasteiger partial charge in [-0.3, -0.25) is 4.79 Å². The smallest absolute Gasteiger partial charge is 0.249 e. The van der Waals surface area contributed by atoms with Gasteiger partial charge in [-0.15, -0.1) is 5.10 Å². The lowest BCUT2D eigenvalue weighted by Crippen LogP contribution is -2.34. The average molecular weight is 298 g/mol. The number of rotatable bonds is 5. The highest BCUT2D eigenvalue weighted by atomic mass is 16.5. The molecule has 0 spiro atoms. The van der Waals surface area contributed by atoms with Gasteiger partial charge >= 0.3 is 0 Å². The topological polar surface area (TPSA) is 98.7 Å². The van der Waals surface area contributed by atoms with Crippen LogP contribution in [0.3, 0.4) is 0 Å². The van der Waals surface area contributed by atoms with E-state index in [0.29, 0.717) is 11.5 Å². The number of amides is 1. The van der Waals surface area contributed by atoms with Crippen LogP contribution in [0.1, 0.15) is 23.1 Å². The molecule has 112 valence electrons. The van der Waals surface area contributed by atoms with Crippen LogP contribution in [0.15, 0.2) is 47.2 Å². The highest BCUT2D eigenvalue weighted by Crippen LogP contribution is 2.18. The third-order valence-electron chi connectivity index (χ3n) is 3.20. The molecule has 1 aromatic carbocycles. The molecule has 0 saturated carbocycles. The normalized spacial score (nSPS) is 12.0. The van der Waals surface area contributed by atoms with E-state index >= 15 is 0 Å². The molecule has 0 saturated heterocycles. The van der Waals surface area contributed by atoms with E-state index in [4.69, 9.17) is 4.52 Å². The van der Waals surface area contributed by atoms with Crippen molar-refractivity contribution >= 4 is 5.91 Å². The first-order chi connectivity index (χ1) is 10.8. The fourth-order valence-electron chi connectivity index (χ4n) is 2.12. The maximum absolute atomic E-state index is 12.6. The third kappa shape index (κ3) is 2.85. The number of benzene rings is 1. The van der Waals surface area contributed by atoms with E-state index in [1.807, 2.05) is 30.3 Å². The highest BCUT2D eigenvalue weighted by molar-refractivity contribution is 5.83. The molecular formula is C14H14N6O2. The quantitative estimate of drug-likeness (QED) is 0.750. The number of hydrogen-bond donors (Lipinski definition) is 1. The van der Waals surface area contributed by atoms with Crippen LogP contribution in [0.2, 0.25) is 0 Å². The summed E-state index contributed by atoms with van der Waals surface area (Å²) in [7, 11) is 0. The number of carbonyl (C=O) groups excluding carboxylic acids is 1. The van der Waals surface area contributed by atoms with Crippen LogP contribution >= 0.6 is 0 Å². The predicted molar refractivity (Wildman–Crippen MR) is 75.5 cm³/mol. The largest absolute Gasteiger partial charge is 0.364 e. The summed E-state index contributed by atoms with van der Waals surface area (Å²) in [5.74, 6) is 0.343. The van der Waals surface area contributed by atoms with Crippen molar-refractivity contribution in [2.24, 2.45) is 0 Å². The van der Waals surface area contributed by atoms with Crippen molar-refractivity contribution in [3.8, 4) is 0 Å². The Morgan fingerprint density at radius 2 is 2.14 bits per heavy atom. The molecular weight excluding hydrogens is 284 g/mol. The first kappa shape index (κ1) is 13.9. The zero-order valence-electron chi connectivity index (χ0n) is 11.9. The molecule has 3 rings (SSSR count). The Hall–Kier alpha value is -3.03. The standard InChI is InChI=1S/C14H14N6O2/c1-10-16-18-19-20(10)13(11-5-3-2-4-6-11)14(21)15-9-12-7-8-22-17-12/h2-8,13H,9H2,1H3,(H,15,21). The van der Waals surface area contributed by atoms with Crippen molar-refractivity contribution in [2.45, 2.75) is 19.5 Å². The molecule has 0 fully saturated rings. The first-order valence-electron chi connectivity index (χ1n) is 6.72. The van der Waals surface area contributed by atoms with Gasteiger partial charge in [0.2, 0.25) is 5.91 Å². The van der Waals surface area contributed by atoms with Gasteiger partial charge in [-0.2, -0.15) is 0 Å². The second kappa shape index (κ2) is 6.17. The van der Waals surface area contributed by atoms with Gasteiger partial charge < -0.3 is 9.84 Å². The van der Waals surface area contributed by atoms with Gasteiger partial charge in [0.05, 0.1) is 6.54 Å². The van der Waals surface area contributed by atoms with Gasteiger partial charge in [0.25, 0.3) is 0 Å². The molecule has 8 nitrogen and oxygen atoms in total. The third-order valence-corrected chi connectivity index (χ3v) is 3.20. The Balaban J connectivity index is 1.85. The minimum absolute atomic E-state index is 0.218. The van der Waals surface area contributed by atoms with Crippen LogP contribution < -0.4 is 5.32 Å². The Labute approximate surface area is 126 Å². The Kier molecular flexibility index (Phi) is 3.90. The molecule has 0 radical (unpaired) electrons. The fraction of sp³-hybridized carbons (Fsp3) is 0.214. The van der Waals surface area contributed by atoms with Crippen molar-refractivity contribution in [1.29, 1.82) is 0 Å². The highest BCUT2D eigenvalue weighted by Gasteiger charge is 2.25. The second-order valence-electron chi connectivity index (χ2n) is 4.69. The van der Waals surface area contributed by atoms with Gasteiger partial charge in [-0.05, 0) is 22.9 Å². The number of nitrogens with zero attached hydrogens (tertiary/aromatic N) is 5. The van der Waals surface area contributed by atoms with Crippen LogP contribution in [0.5, 0.6) is 0 Å². The van der Waals surface area contributed by atoms with E-state index in [2.05, 4.69) is 26.0 Å². The summed E-state index contributed by atoms with van der Waals surface area (Å²) in [6.07, 6.45) is 1.46. The number of hydrogen-bond acceptors (Lipinski definition) is 6. The van der Waals surface area contributed by atoms with Crippen LogP contribution in [-0.4, -0.2) is 31.3 Å². The van der Waals surface area contributed by atoms with Crippen LogP contribution in [0, 0.1) is 6.92 Å². The lowest BCUT2D eigenvalue weighted by atomic mass is 10.1. The molecule has 0 bridgehead atoms. The van der Waals surface area contributed by atoms with Gasteiger partial charge in [0.15, 0.2) is 6.04 Å². The molecule has 0 aliphatic heterocycles. The minimum atomic E-state index is -0.636. The summed E-state index contributed by atoms with van der Waals surface area (Å²) in [6, 6.07) is 10.4. The molecule has 3 aromatic rings. The predicted octanol–water partition coefficient (Wildman–Crippen LogP) is 0.875. The zero-order valence-corrected chi connectivity index (χ0v) is 11.9. The number of carbonyl (C=O) groups is 1. The molecule has 8 heteroatoms. The van der Waals surface area contributed by atoms with Gasteiger partial charge in [0.1, 0.15) is 17.8 Å². The first-order valence-corrected chi connectivity index (χ1v) is 6.72. The molecule has 2 aromatic heterocycles. The van der Waals surface area contributed by atoms with Gasteiger partial charge in [-0.1, -0.05) is 35.5 Å². The fourth-order valence-corrected chi connectivity index (χ4v) is 2.12. The zero-order chi connectivity index (χ0) is 15.4. The summed E-state index contributed by atoms with van der Waals surface area (Å²) in [4.78, 5) is 12.6. The molecule has 1 atom stereocenters. The molecule has 1 amide bonds. The summed E-state index contributed by atoms with van der Waals surface area (Å²) in [5.41, 5.74) is 1.45. The van der Waals surface area contributed by atoms with Crippen molar-refractivity contribution < 1.29 is 9.32 Å². The Bertz CT molecular complexity index is 738. The molecule has 2 heterocycles. The van der Waals surface area contributed by atoms with E-state index in [0.717, 1.165) is 5.56 Å². The number of aryl methyl sites for hydroxylation is 1. The SMILES string of the molecule is Cc1nnnn1C(C(=O)NCc1ccon1)c1ccccc1. The van der Waals surface area contributed by atoms with Gasteiger partial charge in [0, 0.05) is 6.07 Å². The molecule has 22 heavy (non-hydrogen) atoms. The second-order valence-corrected chi connectivity index (χ2v) is 4.69. The average Bonchev–Trinajstić information content (AvgIpc) is 3.19. The number of tetrazole rings is 1. The Morgan fingerprint density at radius 1 is 1.32 bits per heavy atom. The minimum Gasteiger partial charge on any atom is -0.364 e. The monoisotopic (exact) mass is 298 g/mol. The maximum Gasteiger partial charge on any atom is 0.249 e. The van der Waals surface area contributed by atoms with Crippen molar-refractivity contribution in [3.05, 3.63) is 59.7 Å². The lowest BCUT2D eigenvalue weighted by Gasteiger charge is -2.17. The number of aromatic nitrogens is 5. The molecule has 1 unspecified atom stereocenters. The lowest BCUT2D eigenvalue weighted by molar-refractivity contribution is -0.123. The maximum atomic E-state index is 12.6. The van der Waals surface area contributed by atoms with E-state index in [1.54, 1.807) is 13.0 Å². The van der Waals surface area contributed by atoms with E-state index < -0.39 is 6.04 Å². The van der Waals surface area contributed by atoms with Gasteiger partial charge in [-0.25, -0.2) is 4.68 Å². The summed E-state index contributed by atoms with van der Waals surface area (Å²) in [5, 5.41) is 18.0. The summed E-state index contributed by atoms with van der Waals surface area (Å²) < 4.78 is 6.24. The van der Waals surface area contributed by atoms with E-state index in [-0.39, 0.29) is 12.5 Å². The van der Waals surface area contributed by atoms with Crippen molar-refractivity contribution in [3.63, 3.8) is 0 Å².